The van der Waals surface area contributed by atoms with Crippen LogP contribution >= 0.6 is 15.9 Å². The predicted molar refractivity (Wildman–Crippen MR) is 156 cm³/mol. The summed E-state index contributed by atoms with van der Waals surface area (Å²) in [5, 5.41) is 0. The number of hydrogen-bond acceptors (Lipinski definition) is 1. The minimum atomic E-state index is -0.0995. The van der Waals surface area contributed by atoms with Crippen molar-refractivity contribution in [2.24, 2.45) is 0 Å². The van der Waals surface area contributed by atoms with Crippen molar-refractivity contribution >= 4 is 22.0 Å². The zero-order valence-electron chi connectivity index (χ0n) is 20.8. The van der Waals surface area contributed by atoms with Crippen LogP contribution in [0.2, 0.25) is 0 Å². The summed E-state index contributed by atoms with van der Waals surface area (Å²) in [5.74, 6) is 0.940. The third kappa shape index (κ3) is 4.92. The first-order chi connectivity index (χ1) is 17.7. The number of benzene rings is 4. The molecule has 182 valence electrons. The molecule has 0 fully saturated rings. The fraction of sp³-hybridized carbons (Fsp3) is 0.235. The Balaban J connectivity index is 1.24. The summed E-state index contributed by atoms with van der Waals surface area (Å²) < 4.78 is 7.06. The Morgan fingerprint density at radius 3 is 2.19 bits per heavy atom. The number of fused-ring (bicyclic) bond motifs is 3. The van der Waals surface area contributed by atoms with Gasteiger partial charge in [-0.1, -0.05) is 127 Å². The first kappa shape index (κ1) is 24.6. The average Bonchev–Trinajstić information content (AvgIpc) is 3.20. The maximum Gasteiger partial charge on any atom is 0.119 e. The molecule has 1 nitrogen and oxygen atoms in total. The summed E-state index contributed by atoms with van der Waals surface area (Å²) in [6.07, 6.45) is 8.91. The van der Waals surface area contributed by atoms with Gasteiger partial charge in [0.1, 0.15) is 5.75 Å². The topological polar surface area (TPSA) is 9.23 Å². The molecule has 0 heterocycles. The van der Waals surface area contributed by atoms with Gasteiger partial charge < -0.3 is 4.74 Å². The molecule has 36 heavy (non-hydrogen) atoms. The highest BCUT2D eigenvalue weighted by molar-refractivity contribution is 9.10. The quantitative estimate of drug-likeness (QED) is 0.173. The maximum atomic E-state index is 5.92. The van der Waals surface area contributed by atoms with E-state index >= 15 is 0 Å². The van der Waals surface area contributed by atoms with Crippen LogP contribution in [-0.2, 0) is 5.41 Å². The lowest BCUT2D eigenvalue weighted by Crippen LogP contribution is -2.27. The fourth-order valence-corrected chi connectivity index (χ4v) is 6.06. The smallest absolute Gasteiger partial charge is 0.119 e. The molecule has 0 saturated heterocycles. The zero-order valence-corrected chi connectivity index (χ0v) is 22.3. The van der Waals surface area contributed by atoms with Crippen LogP contribution in [0.3, 0.4) is 0 Å². The van der Waals surface area contributed by atoms with Crippen LogP contribution in [-0.4, -0.2) is 6.61 Å². The van der Waals surface area contributed by atoms with E-state index in [9.17, 15) is 0 Å². The second-order valence-electron chi connectivity index (χ2n) is 9.65. The maximum absolute atomic E-state index is 5.92. The first-order valence-electron chi connectivity index (χ1n) is 13.0. The van der Waals surface area contributed by atoms with Crippen molar-refractivity contribution in [3.63, 3.8) is 0 Å². The largest absolute Gasteiger partial charge is 0.494 e. The Morgan fingerprint density at radius 2 is 1.39 bits per heavy atom. The molecule has 0 spiro atoms. The van der Waals surface area contributed by atoms with Crippen molar-refractivity contribution in [3.8, 4) is 16.9 Å². The van der Waals surface area contributed by atoms with Gasteiger partial charge in [0, 0.05) is 9.89 Å². The van der Waals surface area contributed by atoms with Crippen LogP contribution in [0.4, 0.5) is 0 Å². The Hall–Kier alpha value is -3.10. The van der Waals surface area contributed by atoms with Crippen LogP contribution in [0.5, 0.6) is 5.75 Å². The van der Waals surface area contributed by atoms with Gasteiger partial charge in [0.05, 0.1) is 6.61 Å². The van der Waals surface area contributed by atoms with E-state index in [1.807, 2.05) is 30.3 Å². The standard InChI is InChI=1S/C34H33BrO/c1-2-26-17-20-29(21-18-26)36-24-12-5-3-4-11-23-34(27-13-7-6-8-14-27)32-16-10-9-15-30(32)31-22-19-28(35)25-33(31)34/h2,6-10,13-22,25H,1,3-5,11-12,23-24H2. The van der Waals surface area contributed by atoms with Crippen molar-refractivity contribution < 1.29 is 4.74 Å². The minimum absolute atomic E-state index is 0.0995. The van der Waals surface area contributed by atoms with E-state index in [4.69, 9.17) is 4.74 Å². The number of rotatable bonds is 11. The molecule has 1 aliphatic rings. The van der Waals surface area contributed by atoms with Gasteiger partial charge in [0.25, 0.3) is 0 Å². The number of unbranched alkanes of at least 4 members (excludes halogenated alkanes) is 4. The minimum Gasteiger partial charge on any atom is -0.494 e. The molecule has 0 amide bonds. The van der Waals surface area contributed by atoms with Crippen molar-refractivity contribution in [2.75, 3.05) is 6.61 Å². The van der Waals surface area contributed by atoms with Gasteiger partial charge in [-0.3, -0.25) is 0 Å². The fourth-order valence-electron chi connectivity index (χ4n) is 5.70. The number of hydrogen-bond donors (Lipinski definition) is 0. The molecular formula is C34H33BrO. The molecule has 2 heteroatoms. The van der Waals surface area contributed by atoms with Gasteiger partial charge in [-0.15, -0.1) is 0 Å². The molecule has 1 aliphatic carbocycles. The first-order valence-corrected chi connectivity index (χ1v) is 13.8. The molecule has 0 N–H and O–H groups in total. The third-order valence-electron chi connectivity index (χ3n) is 7.47. The highest BCUT2D eigenvalue weighted by Gasteiger charge is 2.43. The van der Waals surface area contributed by atoms with Crippen molar-refractivity contribution in [3.05, 3.63) is 130 Å². The molecule has 4 aromatic rings. The normalized spacial score (nSPS) is 15.8. The van der Waals surface area contributed by atoms with E-state index in [1.54, 1.807) is 0 Å². The Labute approximate surface area is 224 Å². The van der Waals surface area contributed by atoms with E-state index in [-0.39, 0.29) is 5.41 Å². The van der Waals surface area contributed by atoms with Crippen molar-refractivity contribution in [1.29, 1.82) is 0 Å². The zero-order chi connectivity index (χ0) is 24.8. The van der Waals surface area contributed by atoms with E-state index in [0.29, 0.717) is 0 Å². The summed E-state index contributed by atoms with van der Waals surface area (Å²) in [7, 11) is 0. The van der Waals surface area contributed by atoms with Crippen molar-refractivity contribution in [2.45, 2.75) is 43.9 Å². The van der Waals surface area contributed by atoms with Gasteiger partial charge >= 0.3 is 0 Å². The van der Waals surface area contributed by atoms with Gasteiger partial charge in [0.2, 0.25) is 0 Å². The molecule has 4 aromatic carbocycles. The predicted octanol–water partition coefficient (Wildman–Crippen LogP) is 9.83. The Bertz CT molecular complexity index is 1310. The molecule has 1 unspecified atom stereocenters. The number of halogens is 1. The molecule has 0 aliphatic heterocycles. The molecule has 0 aromatic heterocycles. The van der Waals surface area contributed by atoms with E-state index in [0.717, 1.165) is 35.2 Å². The van der Waals surface area contributed by atoms with Crippen LogP contribution in [0.25, 0.3) is 17.2 Å². The molecule has 0 radical (unpaired) electrons. The van der Waals surface area contributed by atoms with E-state index < -0.39 is 0 Å². The van der Waals surface area contributed by atoms with Crippen LogP contribution < -0.4 is 4.74 Å². The van der Waals surface area contributed by atoms with Gasteiger partial charge in [-0.25, -0.2) is 0 Å². The molecule has 0 saturated carbocycles. The van der Waals surface area contributed by atoms with Crippen molar-refractivity contribution in [1.82, 2.24) is 0 Å². The van der Waals surface area contributed by atoms with Crippen LogP contribution in [0.15, 0.2) is 108 Å². The summed E-state index contributed by atoms with van der Waals surface area (Å²) >= 11 is 3.76. The van der Waals surface area contributed by atoms with Crippen LogP contribution in [0, 0.1) is 0 Å². The lowest BCUT2D eigenvalue weighted by Gasteiger charge is -2.33. The van der Waals surface area contributed by atoms with Gasteiger partial charge in [0.15, 0.2) is 0 Å². The molecule has 5 rings (SSSR count). The van der Waals surface area contributed by atoms with Gasteiger partial charge in [-0.05, 0) is 70.5 Å². The lowest BCUT2D eigenvalue weighted by molar-refractivity contribution is 0.304. The molecule has 1 atom stereocenters. The SMILES string of the molecule is C=Cc1ccc(OCCCCCCCC2(c3ccccc3)c3ccccc3-c3ccc(Br)cc32)cc1. The molecule has 0 bridgehead atoms. The third-order valence-corrected chi connectivity index (χ3v) is 7.96. The second-order valence-corrected chi connectivity index (χ2v) is 10.6. The Kier molecular flexibility index (Phi) is 7.72. The second kappa shape index (κ2) is 11.3. The van der Waals surface area contributed by atoms with E-state index in [1.165, 1.54) is 53.5 Å². The monoisotopic (exact) mass is 536 g/mol. The Morgan fingerprint density at radius 1 is 0.694 bits per heavy atom. The van der Waals surface area contributed by atoms with Gasteiger partial charge in [-0.2, -0.15) is 0 Å². The summed E-state index contributed by atoms with van der Waals surface area (Å²) in [5.41, 5.74) is 8.04. The number of ether oxygens (including phenoxy) is 1. The summed E-state index contributed by atoms with van der Waals surface area (Å²) in [6.45, 7) is 4.58. The highest BCUT2D eigenvalue weighted by Crippen LogP contribution is 2.55. The summed E-state index contributed by atoms with van der Waals surface area (Å²) in [4.78, 5) is 0. The highest BCUT2D eigenvalue weighted by atomic mass is 79.9. The molecular weight excluding hydrogens is 504 g/mol. The average molecular weight is 538 g/mol. The summed E-state index contributed by atoms with van der Waals surface area (Å²) in [6, 6.07) is 35.0. The lowest BCUT2D eigenvalue weighted by atomic mass is 9.69. The van der Waals surface area contributed by atoms with E-state index in [2.05, 4.69) is 95.3 Å². The van der Waals surface area contributed by atoms with Crippen LogP contribution in [0.1, 0.15) is 60.8 Å².